The van der Waals surface area contributed by atoms with Crippen LogP contribution in [-0.4, -0.2) is 7.85 Å². The second kappa shape index (κ2) is 3.38. The maximum Gasteiger partial charge on any atom is 0.114 e. The molecule has 2 heteroatoms. The van der Waals surface area contributed by atoms with Gasteiger partial charge in [-0.25, -0.2) is 0 Å². The predicted molar refractivity (Wildman–Crippen MR) is 60.3 cm³/mol. The van der Waals surface area contributed by atoms with Gasteiger partial charge in [0.2, 0.25) is 0 Å². The topological polar surface area (TPSA) is 0 Å². The van der Waals surface area contributed by atoms with Gasteiger partial charge in [0.05, 0.1) is 0 Å². The SMILES string of the molecule is [B]c1cc(Cl)c(C(C)(C)C)cc1C. The zero-order chi connectivity index (χ0) is 10.2. The van der Waals surface area contributed by atoms with Crippen molar-refractivity contribution in [3.05, 3.63) is 28.3 Å². The van der Waals surface area contributed by atoms with Crippen molar-refractivity contribution in [1.29, 1.82) is 0 Å². The fourth-order valence-electron chi connectivity index (χ4n) is 1.27. The first-order chi connectivity index (χ1) is 5.82. The van der Waals surface area contributed by atoms with Gasteiger partial charge in [0.1, 0.15) is 7.85 Å². The molecule has 0 nitrogen and oxygen atoms in total. The van der Waals surface area contributed by atoms with E-state index < -0.39 is 0 Å². The molecule has 0 aromatic heterocycles. The van der Waals surface area contributed by atoms with Crippen LogP contribution < -0.4 is 5.46 Å². The zero-order valence-electron chi connectivity index (χ0n) is 8.61. The van der Waals surface area contributed by atoms with Gasteiger partial charge in [0.25, 0.3) is 0 Å². The summed E-state index contributed by atoms with van der Waals surface area (Å²) in [4.78, 5) is 0. The predicted octanol–water partition coefficient (Wildman–Crippen LogP) is 2.74. The first kappa shape index (κ1) is 10.7. The molecule has 1 rings (SSSR count). The first-order valence-electron chi connectivity index (χ1n) is 4.38. The molecule has 0 aliphatic heterocycles. The average molecular weight is 192 g/mol. The van der Waals surface area contributed by atoms with E-state index in [0.717, 1.165) is 21.6 Å². The van der Waals surface area contributed by atoms with E-state index in [4.69, 9.17) is 19.4 Å². The summed E-state index contributed by atoms with van der Waals surface area (Å²) in [6.07, 6.45) is 0. The van der Waals surface area contributed by atoms with Crippen molar-refractivity contribution in [3.63, 3.8) is 0 Å². The van der Waals surface area contributed by atoms with Crippen LogP contribution in [0.25, 0.3) is 0 Å². The van der Waals surface area contributed by atoms with E-state index in [-0.39, 0.29) is 5.41 Å². The highest BCUT2D eigenvalue weighted by Gasteiger charge is 2.17. The molecule has 0 heterocycles. The van der Waals surface area contributed by atoms with Gasteiger partial charge in [-0.15, -0.1) is 0 Å². The summed E-state index contributed by atoms with van der Waals surface area (Å²) in [6, 6.07) is 3.90. The van der Waals surface area contributed by atoms with Crippen LogP contribution in [0.3, 0.4) is 0 Å². The first-order valence-corrected chi connectivity index (χ1v) is 4.76. The fraction of sp³-hybridized carbons (Fsp3) is 0.455. The number of aryl methyl sites for hydroxylation is 1. The van der Waals surface area contributed by atoms with Crippen LogP contribution in [0.5, 0.6) is 0 Å². The second-order valence-corrected chi connectivity index (χ2v) is 4.85. The van der Waals surface area contributed by atoms with Gasteiger partial charge in [-0.2, -0.15) is 0 Å². The lowest BCUT2D eigenvalue weighted by atomic mass is 9.82. The largest absolute Gasteiger partial charge is 0.114 e. The lowest BCUT2D eigenvalue weighted by Gasteiger charge is -2.22. The molecule has 1 aromatic carbocycles. The van der Waals surface area contributed by atoms with Crippen molar-refractivity contribution in [1.82, 2.24) is 0 Å². The van der Waals surface area contributed by atoms with Crippen LogP contribution in [0, 0.1) is 6.92 Å². The number of halogens is 1. The van der Waals surface area contributed by atoms with Gasteiger partial charge in [0.15, 0.2) is 0 Å². The second-order valence-electron chi connectivity index (χ2n) is 4.44. The average Bonchev–Trinajstić information content (AvgIpc) is 1.94. The Labute approximate surface area is 86.7 Å². The van der Waals surface area contributed by atoms with Crippen LogP contribution in [-0.2, 0) is 5.41 Å². The molecular formula is C11H14BCl. The summed E-state index contributed by atoms with van der Waals surface area (Å²) < 4.78 is 0. The highest BCUT2D eigenvalue weighted by atomic mass is 35.5. The Morgan fingerprint density at radius 2 is 1.77 bits per heavy atom. The molecule has 13 heavy (non-hydrogen) atoms. The standard InChI is InChI=1S/C11H14BCl/c1-7-5-8(11(2,3)4)10(13)6-9(7)12/h5-6H,1-4H3. The highest BCUT2D eigenvalue weighted by molar-refractivity contribution is 6.37. The van der Waals surface area contributed by atoms with E-state index in [1.807, 2.05) is 13.0 Å². The molecule has 0 unspecified atom stereocenters. The Kier molecular flexibility index (Phi) is 2.77. The fourth-order valence-corrected chi connectivity index (χ4v) is 1.73. The molecule has 0 spiro atoms. The Hall–Kier alpha value is -0.425. The van der Waals surface area contributed by atoms with E-state index >= 15 is 0 Å². The van der Waals surface area contributed by atoms with Crippen molar-refractivity contribution in [3.8, 4) is 0 Å². The normalized spacial score (nSPS) is 11.8. The van der Waals surface area contributed by atoms with Crippen LogP contribution in [0.15, 0.2) is 12.1 Å². The van der Waals surface area contributed by atoms with Crippen molar-refractivity contribution < 1.29 is 0 Å². The minimum atomic E-state index is 0.0789. The highest BCUT2D eigenvalue weighted by Crippen LogP contribution is 2.29. The number of benzene rings is 1. The maximum atomic E-state index is 6.11. The van der Waals surface area contributed by atoms with Gasteiger partial charge in [-0.05, 0) is 17.9 Å². The number of hydrogen-bond donors (Lipinski definition) is 0. The van der Waals surface area contributed by atoms with Crippen molar-refractivity contribution in [2.45, 2.75) is 33.1 Å². The van der Waals surface area contributed by atoms with Crippen molar-refractivity contribution >= 4 is 24.9 Å². The number of hydrogen-bond acceptors (Lipinski definition) is 0. The summed E-state index contributed by atoms with van der Waals surface area (Å²) >= 11 is 6.11. The molecule has 1 aromatic rings. The lowest BCUT2D eigenvalue weighted by molar-refractivity contribution is 0.590. The zero-order valence-corrected chi connectivity index (χ0v) is 9.37. The minimum Gasteiger partial charge on any atom is -0.0923 e. The van der Waals surface area contributed by atoms with Crippen LogP contribution in [0.4, 0.5) is 0 Å². The Morgan fingerprint density at radius 1 is 1.23 bits per heavy atom. The smallest absolute Gasteiger partial charge is 0.0923 e. The molecule has 0 atom stereocenters. The summed E-state index contributed by atoms with van der Waals surface area (Å²) in [5, 5.41) is 0.760. The molecular weight excluding hydrogens is 178 g/mol. The maximum absolute atomic E-state index is 6.11. The molecule has 68 valence electrons. The van der Waals surface area contributed by atoms with Crippen LogP contribution in [0.1, 0.15) is 31.9 Å². The van der Waals surface area contributed by atoms with Crippen LogP contribution >= 0.6 is 11.6 Å². The summed E-state index contributed by atoms with van der Waals surface area (Å²) in [7, 11) is 5.75. The van der Waals surface area contributed by atoms with E-state index in [0.29, 0.717) is 0 Å². The molecule has 0 amide bonds. The molecule has 0 aliphatic rings. The quantitative estimate of drug-likeness (QED) is 0.555. The molecule has 2 radical (unpaired) electrons. The van der Waals surface area contributed by atoms with E-state index in [2.05, 4.69) is 26.8 Å². The third kappa shape index (κ3) is 2.28. The van der Waals surface area contributed by atoms with Gasteiger partial charge >= 0.3 is 0 Å². The van der Waals surface area contributed by atoms with Crippen molar-refractivity contribution in [2.75, 3.05) is 0 Å². The van der Waals surface area contributed by atoms with Crippen LogP contribution in [0.2, 0.25) is 5.02 Å². The molecule has 0 saturated carbocycles. The summed E-state index contributed by atoms with van der Waals surface area (Å²) in [5.41, 5.74) is 3.09. The van der Waals surface area contributed by atoms with Gasteiger partial charge in [0, 0.05) is 5.02 Å². The van der Waals surface area contributed by atoms with E-state index in [1.165, 1.54) is 0 Å². The monoisotopic (exact) mass is 192 g/mol. The Balaban J connectivity index is 3.32. The third-order valence-electron chi connectivity index (χ3n) is 2.16. The molecule has 0 fully saturated rings. The van der Waals surface area contributed by atoms with Gasteiger partial charge in [-0.3, -0.25) is 0 Å². The van der Waals surface area contributed by atoms with E-state index in [9.17, 15) is 0 Å². The van der Waals surface area contributed by atoms with Gasteiger partial charge in [-0.1, -0.05) is 55.5 Å². The molecule has 0 saturated heterocycles. The Morgan fingerprint density at radius 3 is 2.23 bits per heavy atom. The minimum absolute atomic E-state index is 0.0789. The van der Waals surface area contributed by atoms with Gasteiger partial charge < -0.3 is 0 Å². The molecule has 0 aliphatic carbocycles. The van der Waals surface area contributed by atoms with E-state index in [1.54, 1.807) is 0 Å². The number of rotatable bonds is 0. The summed E-state index contributed by atoms with van der Waals surface area (Å²) in [6.45, 7) is 8.43. The third-order valence-corrected chi connectivity index (χ3v) is 2.48. The van der Waals surface area contributed by atoms with Crippen molar-refractivity contribution in [2.24, 2.45) is 0 Å². The molecule has 0 N–H and O–H groups in total. The summed E-state index contributed by atoms with van der Waals surface area (Å²) in [5.74, 6) is 0. The lowest BCUT2D eigenvalue weighted by Crippen LogP contribution is -2.16. The molecule has 0 bridgehead atoms. The Bertz CT molecular complexity index is 324.